The lowest BCUT2D eigenvalue weighted by atomic mass is 10.0. The van der Waals surface area contributed by atoms with Crippen molar-refractivity contribution in [2.75, 3.05) is 26.7 Å². The Bertz CT molecular complexity index is 462. The maximum Gasteiger partial charge on any atom is 0.254 e. The highest BCUT2D eigenvalue weighted by Crippen LogP contribution is 2.23. The Morgan fingerprint density at radius 3 is 2.30 bits per heavy atom. The van der Waals surface area contributed by atoms with Gasteiger partial charge in [-0.2, -0.15) is 0 Å². The highest BCUT2D eigenvalue weighted by Gasteiger charge is 2.25. The van der Waals surface area contributed by atoms with E-state index in [1.165, 1.54) is 18.2 Å². The van der Waals surface area contributed by atoms with Gasteiger partial charge in [0, 0.05) is 37.8 Å². The third-order valence-corrected chi connectivity index (χ3v) is 4.02. The molecule has 1 aromatic rings. The van der Waals surface area contributed by atoms with Gasteiger partial charge in [0.15, 0.2) is 0 Å². The number of hydrogen-bond acceptors (Lipinski definition) is 4. The van der Waals surface area contributed by atoms with Crippen LogP contribution >= 0.6 is 0 Å². The van der Waals surface area contributed by atoms with Gasteiger partial charge in [0.25, 0.3) is 5.91 Å². The molecule has 1 aromatic carbocycles. The number of carbonyl (C=O) groups is 1. The Morgan fingerprint density at radius 1 is 1.25 bits per heavy atom. The summed E-state index contributed by atoms with van der Waals surface area (Å²) < 4.78 is 0. The van der Waals surface area contributed by atoms with E-state index in [4.69, 9.17) is 0 Å². The maximum absolute atomic E-state index is 12.4. The molecule has 2 rings (SSSR count). The summed E-state index contributed by atoms with van der Waals surface area (Å²) in [4.78, 5) is 16.5. The van der Waals surface area contributed by atoms with E-state index in [0.29, 0.717) is 5.56 Å². The predicted molar refractivity (Wildman–Crippen MR) is 77.0 cm³/mol. The van der Waals surface area contributed by atoms with E-state index in [1.807, 2.05) is 0 Å². The minimum atomic E-state index is -0.161. The van der Waals surface area contributed by atoms with E-state index < -0.39 is 0 Å². The lowest BCUT2D eigenvalue weighted by Crippen LogP contribution is -2.45. The number of aromatic hydroxyl groups is 2. The molecule has 1 heterocycles. The minimum Gasteiger partial charge on any atom is -0.508 e. The average Bonchev–Trinajstić information content (AvgIpc) is 2.45. The van der Waals surface area contributed by atoms with Crippen molar-refractivity contribution in [2.45, 2.75) is 25.8 Å². The van der Waals surface area contributed by atoms with E-state index in [1.54, 1.807) is 11.9 Å². The van der Waals surface area contributed by atoms with Crippen LogP contribution in [0.25, 0.3) is 0 Å². The third kappa shape index (κ3) is 3.22. The molecule has 110 valence electrons. The zero-order chi connectivity index (χ0) is 14.7. The second-order valence-electron chi connectivity index (χ2n) is 5.32. The van der Waals surface area contributed by atoms with E-state index in [0.717, 1.165) is 32.5 Å². The molecule has 0 aliphatic carbocycles. The van der Waals surface area contributed by atoms with Gasteiger partial charge in [-0.3, -0.25) is 4.79 Å². The molecular formula is C15H22N2O3. The van der Waals surface area contributed by atoms with Crippen LogP contribution in [0.3, 0.4) is 0 Å². The minimum absolute atomic E-state index is 0.0949. The van der Waals surface area contributed by atoms with Gasteiger partial charge < -0.3 is 20.0 Å². The van der Waals surface area contributed by atoms with Crippen molar-refractivity contribution in [2.24, 2.45) is 0 Å². The van der Waals surface area contributed by atoms with Crippen molar-refractivity contribution in [3.63, 3.8) is 0 Å². The van der Waals surface area contributed by atoms with Crippen LogP contribution in [0.1, 0.15) is 30.1 Å². The number of likely N-dealkylation sites (tertiary alicyclic amines) is 1. The van der Waals surface area contributed by atoms with E-state index in [2.05, 4.69) is 11.8 Å². The van der Waals surface area contributed by atoms with Gasteiger partial charge in [0.2, 0.25) is 0 Å². The summed E-state index contributed by atoms with van der Waals surface area (Å²) >= 11 is 0. The molecule has 5 nitrogen and oxygen atoms in total. The van der Waals surface area contributed by atoms with Crippen molar-refractivity contribution in [3.05, 3.63) is 23.8 Å². The number of phenolic OH excluding ortho intramolecular Hbond substituents is 2. The molecule has 0 spiro atoms. The lowest BCUT2D eigenvalue weighted by Gasteiger charge is -2.36. The van der Waals surface area contributed by atoms with Crippen molar-refractivity contribution in [1.82, 2.24) is 9.80 Å². The quantitative estimate of drug-likeness (QED) is 0.882. The van der Waals surface area contributed by atoms with E-state index in [9.17, 15) is 15.0 Å². The molecule has 0 unspecified atom stereocenters. The summed E-state index contributed by atoms with van der Waals surface area (Å²) in [5.74, 6) is -0.351. The first-order valence-corrected chi connectivity index (χ1v) is 7.03. The molecule has 1 fully saturated rings. The molecule has 0 aromatic heterocycles. The van der Waals surface area contributed by atoms with Crippen molar-refractivity contribution in [1.29, 1.82) is 0 Å². The third-order valence-electron chi connectivity index (χ3n) is 4.02. The number of nitrogens with zero attached hydrogens (tertiary/aromatic N) is 2. The molecule has 0 atom stereocenters. The average molecular weight is 278 g/mol. The first-order valence-electron chi connectivity index (χ1n) is 7.03. The number of rotatable bonds is 3. The van der Waals surface area contributed by atoms with Gasteiger partial charge >= 0.3 is 0 Å². The summed E-state index contributed by atoms with van der Waals surface area (Å²) in [7, 11) is 1.79. The van der Waals surface area contributed by atoms with Gasteiger partial charge in [0.05, 0.1) is 0 Å². The number of phenols is 2. The van der Waals surface area contributed by atoms with Crippen molar-refractivity contribution in [3.8, 4) is 11.5 Å². The zero-order valence-electron chi connectivity index (χ0n) is 12.0. The van der Waals surface area contributed by atoms with Crippen LogP contribution < -0.4 is 0 Å². The van der Waals surface area contributed by atoms with Crippen LogP contribution in [0.5, 0.6) is 11.5 Å². The Labute approximate surface area is 119 Å². The Hall–Kier alpha value is -1.75. The monoisotopic (exact) mass is 278 g/mol. The van der Waals surface area contributed by atoms with Crippen LogP contribution in [0, 0.1) is 0 Å². The Morgan fingerprint density at radius 2 is 1.80 bits per heavy atom. The SMILES string of the molecule is CCN1CCC(N(C)C(=O)c2cc(O)cc(O)c2)CC1. The zero-order valence-corrected chi connectivity index (χ0v) is 12.0. The maximum atomic E-state index is 12.4. The predicted octanol–water partition coefficient (Wildman–Crippen LogP) is 1.65. The van der Waals surface area contributed by atoms with Crippen LogP contribution in [-0.4, -0.2) is 58.6 Å². The fraction of sp³-hybridized carbons (Fsp3) is 0.533. The Balaban J connectivity index is 2.05. The number of amides is 1. The molecule has 1 aliphatic rings. The van der Waals surface area contributed by atoms with Gasteiger partial charge in [0.1, 0.15) is 11.5 Å². The summed E-state index contributed by atoms with van der Waals surface area (Å²) in [6.07, 6.45) is 1.92. The highest BCUT2D eigenvalue weighted by atomic mass is 16.3. The second-order valence-corrected chi connectivity index (χ2v) is 5.32. The molecule has 0 radical (unpaired) electrons. The molecule has 20 heavy (non-hydrogen) atoms. The van der Waals surface area contributed by atoms with Crippen LogP contribution in [0.15, 0.2) is 18.2 Å². The van der Waals surface area contributed by atoms with Gasteiger partial charge in [-0.25, -0.2) is 0 Å². The molecule has 0 bridgehead atoms. The summed E-state index contributed by atoms with van der Waals surface area (Å²) in [6.45, 7) is 5.20. The summed E-state index contributed by atoms with van der Waals surface area (Å²) in [6, 6.07) is 4.21. The molecule has 2 N–H and O–H groups in total. The Kier molecular flexibility index (Phi) is 4.49. The fourth-order valence-corrected chi connectivity index (χ4v) is 2.71. The molecule has 1 aliphatic heterocycles. The number of hydrogen-bond donors (Lipinski definition) is 2. The van der Waals surface area contributed by atoms with Gasteiger partial charge in [-0.15, -0.1) is 0 Å². The fourth-order valence-electron chi connectivity index (χ4n) is 2.71. The van der Waals surface area contributed by atoms with Crippen molar-refractivity contribution < 1.29 is 15.0 Å². The number of benzene rings is 1. The lowest BCUT2D eigenvalue weighted by molar-refractivity contribution is 0.0646. The van der Waals surface area contributed by atoms with Crippen molar-refractivity contribution >= 4 is 5.91 Å². The highest BCUT2D eigenvalue weighted by molar-refractivity contribution is 5.95. The molecule has 1 amide bonds. The first-order chi connectivity index (χ1) is 9.51. The summed E-state index contributed by atoms with van der Waals surface area (Å²) in [5, 5.41) is 18.9. The molecule has 5 heteroatoms. The molecule has 1 saturated heterocycles. The number of piperidine rings is 1. The van der Waals surface area contributed by atoms with Crippen LogP contribution in [0.2, 0.25) is 0 Å². The standard InChI is InChI=1S/C15H22N2O3/c1-3-17-6-4-12(5-7-17)16(2)15(20)11-8-13(18)10-14(19)9-11/h8-10,12,18-19H,3-7H2,1-2H3. The molecular weight excluding hydrogens is 256 g/mol. The smallest absolute Gasteiger partial charge is 0.254 e. The van der Waals surface area contributed by atoms with Crippen LogP contribution in [-0.2, 0) is 0 Å². The summed E-state index contributed by atoms with van der Waals surface area (Å²) in [5.41, 5.74) is 0.322. The van der Waals surface area contributed by atoms with E-state index in [-0.39, 0.29) is 23.4 Å². The number of carbonyl (C=O) groups excluding carboxylic acids is 1. The first kappa shape index (κ1) is 14.7. The van der Waals surface area contributed by atoms with Crippen LogP contribution in [0.4, 0.5) is 0 Å². The van der Waals surface area contributed by atoms with Gasteiger partial charge in [-0.05, 0) is 31.5 Å². The normalized spacial score (nSPS) is 17.1. The molecule has 0 saturated carbocycles. The second kappa shape index (κ2) is 6.13. The van der Waals surface area contributed by atoms with Gasteiger partial charge in [-0.1, -0.05) is 6.92 Å². The largest absolute Gasteiger partial charge is 0.508 e. The topological polar surface area (TPSA) is 64.0 Å². The van der Waals surface area contributed by atoms with E-state index >= 15 is 0 Å².